The van der Waals surface area contributed by atoms with E-state index in [1.807, 2.05) is 13.8 Å². The largest absolute Gasteiger partial charge is 0.454 e. The molecule has 2 atom stereocenters. The molecule has 0 aromatic heterocycles. The molecule has 26 heavy (non-hydrogen) atoms. The third-order valence-corrected chi connectivity index (χ3v) is 5.83. The molecular formula is C18H27N3O5. The number of nitrogens with one attached hydrogen (secondary N) is 1. The van der Waals surface area contributed by atoms with Gasteiger partial charge in [0.2, 0.25) is 0 Å². The summed E-state index contributed by atoms with van der Waals surface area (Å²) in [7, 11) is 0. The van der Waals surface area contributed by atoms with E-state index >= 15 is 0 Å². The molecule has 0 unspecified atom stereocenters. The Morgan fingerprint density at radius 2 is 1.73 bits per heavy atom. The van der Waals surface area contributed by atoms with E-state index in [2.05, 4.69) is 5.32 Å². The molecule has 0 bridgehead atoms. The molecule has 2 aliphatic heterocycles. The van der Waals surface area contributed by atoms with E-state index in [9.17, 15) is 19.2 Å². The van der Waals surface area contributed by atoms with E-state index in [1.54, 1.807) is 4.90 Å². The molecule has 0 aromatic carbocycles. The van der Waals surface area contributed by atoms with Gasteiger partial charge in [0, 0.05) is 12.1 Å². The van der Waals surface area contributed by atoms with Crippen molar-refractivity contribution in [3.8, 4) is 0 Å². The van der Waals surface area contributed by atoms with Crippen molar-refractivity contribution in [3.63, 3.8) is 0 Å². The Hall–Kier alpha value is -2.12. The highest BCUT2D eigenvalue weighted by Crippen LogP contribution is 2.34. The number of carbonyl (C=O) groups is 4. The molecule has 2 heterocycles. The monoisotopic (exact) mass is 365 g/mol. The second-order valence-corrected chi connectivity index (χ2v) is 7.70. The molecular weight excluding hydrogens is 338 g/mol. The summed E-state index contributed by atoms with van der Waals surface area (Å²) < 4.78 is 5.06. The van der Waals surface area contributed by atoms with Gasteiger partial charge in [-0.25, -0.2) is 4.79 Å². The molecule has 1 spiro atoms. The number of urea groups is 1. The first-order valence-corrected chi connectivity index (χ1v) is 9.45. The highest BCUT2D eigenvalue weighted by atomic mass is 16.5. The van der Waals surface area contributed by atoms with Gasteiger partial charge in [0.05, 0.1) is 0 Å². The van der Waals surface area contributed by atoms with Crippen LogP contribution in [0.4, 0.5) is 4.79 Å². The highest BCUT2D eigenvalue weighted by molar-refractivity contribution is 6.08. The minimum Gasteiger partial charge on any atom is -0.454 e. The van der Waals surface area contributed by atoms with Crippen molar-refractivity contribution in [2.24, 2.45) is 0 Å². The summed E-state index contributed by atoms with van der Waals surface area (Å²) in [5.41, 5.74) is -0.841. The molecule has 8 nitrogen and oxygen atoms in total. The molecule has 1 saturated carbocycles. The fourth-order valence-corrected chi connectivity index (χ4v) is 4.44. The Morgan fingerprint density at radius 1 is 1.12 bits per heavy atom. The summed E-state index contributed by atoms with van der Waals surface area (Å²) in [4.78, 5) is 51.7. The molecule has 1 aliphatic carbocycles. The maximum absolute atomic E-state index is 12.5. The lowest BCUT2D eigenvalue weighted by atomic mass is 9.97. The van der Waals surface area contributed by atoms with Gasteiger partial charge >= 0.3 is 12.0 Å². The maximum atomic E-state index is 12.5. The number of piperidine rings is 1. The van der Waals surface area contributed by atoms with E-state index in [0.29, 0.717) is 12.8 Å². The summed E-state index contributed by atoms with van der Waals surface area (Å²) in [5.74, 6) is -1.33. The highest BCUT2D eigenvalue weighted by Gasteiger charge is 2.52. The van der Waals surface area contributed by atoms with Gasteiger partial charge in [-0.1, -0.05) is 12.8 Å². The quantitative estimate of drug-likeness (QED) is 0.596. The van der Waals surface area contributed by atoms with Crippen molar-refractivity contribution in [2.45, 2.75) is 76.4 Å². The number of hydrogen-bond acceptors (Lipinski definition) is 5. The molecule has 0 radical (unpaired) electrons. The van der Waals surface area contributed by atoms with Crippen molar-refractivity contribution < 1.29 is 23.9 Å². The third kappa shape index (κ3) is 3.41. The van der Waals surface area contributed by atoms with Gasteiger partial charge < -0.3 is 15.0 Å². The molecule has 3 rings (SSSR count). The van der Waals surface area contributed by atoms with Gasteiger partial charge in [0.1, 0.15) is 12.1 Å². The first-order chi connectivity index (χ1) is 12.3. The first-order valence-electron chi connectivity index (χ1n) is 9.45. The lowest BCUT2D eigenvalue weighted by Gasteiger charge is -2.38. The summed E-state index contributed by atoms with van der Waals surface area (Å²) in [5, 5.41) is 2.72. The van der Waals surface area contributed by atoms with E-state index in [1.165, 1.54) is 0 Å². The van der Waals surface area contributed by atoms with Crippen molar-refractivity contribution in [3.05, 3.63) is 0 Å². The third-order valence-electron chi connectivity index (χ3n) is 5.83. The Bertz CT molecular complexity index is 604. The number of hydrogen-bond donors (Lipinski definition) is 1. The molecule has 3 fully saturated rings. The van der Waals surface area contributed by atoms with Crippen LogP contribution in [0.1, 0.15) is 58.8 Å². The zero-order valence-corrected chi connectivity index (χ0v) is 15.5. The molecule has 2 saturated heterocycles. The number of rotatable bonds is 4. The number of esters is 1. The molecule has 4 amide bonds. The van der Waals surface area contributed by atoms with Crippen LogP contribution in [-0.2, 0) is 19.1 Å². The van der Waals surface area contributed by atoms with Crippen LogP contribution in [0.5, 0.6) is 0 Å². The standard InChI is InChI=1S/C18H27N3O5/c1-12-6-5-7-13(2)21(12)14(22)11-26-15(23)10-20-16(24)18(19-17(20)25)8-3-4-9-18/h12-13H,3-11H2,1-2H3,(H,19,25)/t12-,13+. The predicted molar refractivity (Wildman–Crippen MR) is 92.0 cm³/mol. The summed E-state index contributed by atoms with van der Waals surface area (Å²) >= 11 is 0. The second-order valence-electron chi connectivity index (χ2n) is 7.70. The maximum Gasteiger partial charge on any atom is 0.326 e. The summed E-state index contributed by atoms with van der Waals surface area (Å²) in [6, 6.07) is -0.310. The number of likely N-dealkylation sites (tertiary alicyclic amines) is 1. The van der Waals surface area contributed by atoms with E-state index in [0.717, 1.165) is 37.0 Å². The SMILES string of the molecule is C[C@@H]1CCC[C@H](C)N1C(=O)COC(=O)CN1C(=O)NC2(CCCC2)C1=O. The average Bonchev–Trinajstić information content (AvgIpc) is 3.14. The van der Waals surface area contributed by atoms with Crippen LogP contribution in [0.15, 0.2) is 0 Å². The van der Waals surface area contributed by atoms with Crippen LogP contribution < -0.4 is 5.32 Å². The topological polar surface area (TPSA) is 96.0 Å². The fourth-order valence-electron chi connectivity index (χ4n) is 4.44. The van der Waals surface area contributed by atoms with Gasteiger partial charge in [-0.05, 0) is 46.0 Å². The number of nitrogens with zero attached hydrogens (tertiary/aromatic N) is 2. The summed E-state index contributed by atoms with van der Waals surface area (Å²) in [6.07, 6.45) is 5.93. The van der Waals surface area contributed by atoms with Gasteiger partial charge in [-0.3, -0.25) is 19.3 Å². The van der Waals surface area contributed by atoms with Crippen LogP contribution in [-0.4, -0.2) is 64.4 Å². The number of imide groups is 1. The van der Waals surface area contributed by atoms with E-state index in [4.69, 9.17) is 4.74 Å². The first kappa shape index (κ1) is 18.7. The van der Waals surface area contributed by atoms with Crippen LogP contribution >= 0.6 is 0 Å². The van der Waals surface area contributed by atoms with Gasteiger partial charge in [0.25, 0.3) is 11.8 Å². The zero-order chi connectivity index (χ0) is 18.9. The Labute approximate surface area is 153 Å². The molecule has 0 aromatic rings. The normalized spacial score (nSPS) is 27.8. The predicted octanol–water partition coefficient (Wildman–Crippen LogP) is 1.18. The fraction of sp³-hybridized carbons (Fsp3) is 0.778. The molecule has 3 aliphatic rings. The van der Waals surface area contributed by atoms with Crippen molar-refractivity contribution in [1.82, 2.24) is 15.1 Å². The number of amides is 4. The van der Waals surface area contributed by atoms with E-state index < -0.39 is 24.1 Å². The van der Waals surface area contributed by atoms with Crippen molar-refractivity contribution in [1.29, 1.82) is 0 Å². The van der Waals surface area contributed by atoms with Gasteiger partial charge in [-0.15, -0.1) is 0 Å². The minimum atomic E-state index is -0.841. The second kappa shape index (κ2) is 7.25. The van der Waals surface area contributed by atoms with Crippen LogP contribution in [0.3, 0.4) is 0 Å². The van der Waals surface area contributed by atoms with Crippen molar-refractivity contribution in [2.75, 3.05) is 13.2 Å². The van der Waals surface area contributed by atoms with Crippen LogP contribution in [0, 0.1) is 0 Å². The van der Waals surface area contributed by atoms with Crippen molar-refractivity contribution >= 4 is 23.8 Å². The van der Waals surface area contributed by atoms with Crippen LogP contribution in [0.25, 0.3) is 0 Å². The minimum absolute atomic E-state index is 0.123. The van der Waals surface area contributed by atoms with Gasteiger partial charge in [-0.2, -0.15) is 0 Å². The Morgan fingerprint density at radius 3 is 2.35 bits per heavy atom. The Balaban J connectivity index is 1.52. The summed E-state index contributed by atoms with van der Waals surface area (Å²) in [6.45, 7) is 3.17. The van der Waals surface area contributed by atoms with Crippen LogP contribution in [0.2, 0.25) is 0 Å². The molecule has 8 heteroatoms. The zero-order valence-electron chi connectivity index (χ0n) is 15.5. The Kier molecular flexibility index (Phi) is 5.20. The molecule has 144 valence electrons. The van der Waals surface area contributed by atoms with E-state index in [-0.39, 0.29) is 30.5 Å². The lowest BCUT2D eigenvalue weighted by Crippen LogP contribution is -2.49. The average molecular weight is 365 g/mol. The smallest absolute Gasteiger partial charge is 0.326 e. The number of ether oxygens (including phenoxy) is 1. The number of carbonyl (C=O) groups excluding carboxylic acids is 4. The van der Waals surface area contributed by atoms with Gasteiger partial charge in [0.15, 0.2) is 6.61 Å². The lowest BCUT2D eigenvalue weighted by molar-refractivity contribution is -0.156. The molecule has 1 N–H and O–H groups in total.